The van der Waals surface area contributed by atoms with Gasteiger partial charge in [-0.3, -0.25) is 14.4 Å². The van der Waals surface area contributed by atoms with E-state index < -0.39 is 35.1 Å². The number of aromatic nitrogens is 1. The van der Waals surface area contributed by atoms with Crippen LogP contribution < -0.4 is 5.56 Å². The fourth-order valence-corrected chi connectivity index (χ4v) is 5.79. The molecule has 44 heavy (non-hydrogen) atoms. The summed E-state index contributed by atoms with van der Waals surface area (Å²) in [5.74, 6) is -3.18. The van der Waals surface area contributed by atoms with E-state index in [-0.39, 0.29) is 43.1 Å². The van der Waals surface area contributed by atoms with Crippen molar-refractivity contribution in [1.82, 2.24) is 9.47 Å². The van der Waals surface area contributed by atoms with E-state index in [1.54, 1.807) is 32.2 Å². The summed E-state index contributed by atoms with van der Waals surface area (Å²) in [6, 6.07) is 9.68. The number of hydrogen-bond donors (Lipinski definition) is 0. The lowest BCUT2D eigenvalue weighted by atomic mass is 9.84. The molecule has 8 heteroatoms. The lowest BCUT2D eigenvalue weighted by Gasteiger charge is -2.25. The Balaban J connectivity index is 2.12. The zero-order valence-electron chi connectivity index (χ0n) is 27.3. The van der Waals surface area contributed by atoms with Crippen LogP contribution in [0.4, 0.5) is 8.78 Å². The predicted molar refractivity (Wildman–Crippen MR) is 171 cm³/mol. The topological polar surface area (TPSA) is 68.6 Å². The highest BCUT2D eigenvalue weighted by molar-refractivity contribution is 5.84. The van der Waals surface area contributed by atoms with Gasteiger partial charge in [-0.2, -0.15) is 0 Å². The van der Waals surface area contributed by atoms with Crippen molar-refractivity contribution in [1.29, 1.82) is 0 Å². The summed E-state index contributed by atoms with van der Waals surface area (Å²) in [6.45, 7) is 12.0. The van der Waals surface area contributed by atoms with Crippen molar-refractivity contribution in [3.63, 3.8) is 0 Å². The van der Waals surface area contributed by atoms with Crippen molar-refractivity contribution in [3.05, 3.63) is 92.4 Å². The molecule has 0 spiro atoms. The molecule has 0 aliphatic heterocycles. The first-order chi connectivity index (χ1) is 20.7. The van der Waals surface area contributed by atoms with Crippen LogP contribution in [-0.4, -0.2) is 48.5 Å². The summed E-state index contributed by atoms with van der Waals surface area (Å²) in [5.41, 5.74) is 4.16. The third-order valence-corrected chi connectivity index (χ3v) is 7.96. The molecular formula is C36H46F2N2O4. The molecule has 1 aromatic heterocycles. The number of ether oxygens (including phenoxy) is 1. The number of carbonyl (C=O) groups is 2. The average Bonchev–Trinajstić information content (AvgIpc) is 2.93. The largest absolute Gasteiger partial charge is 0.466 e. The van der Waals surface area contributed by atoms with Gasteiger partial charge in [-0.15, -0.1) is 0 Å². The smallest absolute Gasteiger partial charge is 0.306 e. The Morgan fingerprint density at radius 2 is 1.64 bits per heavy atom. The molecule has 0 fully saturated rings. The van der Waals surface area contributed by atoms with Crippen LogP contribution in [0.25, 0.3) is 11.1 Å². The average molecular weight is 609 g/mol. The standard InChI is InChI=1S/C36H46F2N2O4/c1-9-44-33(42)20-27(29-18-28(16-25(6)35(29)38)34-23(4)11-10-12-24(34)5)19-32(41)31(15-22(2)3)40-21-26(13-14-39(7)8)17-30(37)36(40)43/h10-12,16-18,21-22,27,31H,9,13-15,19-20H2,1-8H3/t27-,31?/m0/s1. The van der Waals surface area contributed by atoms with Crippen LogP contribution in [-0.2, 0) is 20.7 Å². The molecule has 0 aliphatic carbocycles. The SMILES string of the molecule is CCOC(=O)C[C@H](CC(=O)C(CC(C)C)n1cc(CCN(C)C)cc(F)c1=O)c1cc(-c2c(C)cccc2C)cc(C)c1F. The minimum Gasteiger partial charge on any atom is -0.466 e. The van der Waals surface area contributed by atoms with E-state index in [9.17, 15) is 18.8 Å². The highest BCUT2D eigenvalue weighted by Crippen LogP contribution is 2.36. The predicted octanol–water partition coefficient (Wildman–Crippen LogP) is 7.11. The van der Waals surface area contributed by atoms with Crippen molar-refractivity contribution in [2.45, 2.75) is 79.2 Å². The zero-order valence-corrected chi connectivity index (χ0v) is 27.3. The Kier molecular flexibility index (Phi) is 12.2. The van der Waals surface area contributed by atoms with Crippen LogP contribution >= 0.6 is 0 Å². The highest BCUT2D eigenvalue weighted by Gasteiger charge is 2.31. The van der Waals surface area contributed by atoms with E-state index in [1.807, 2.05) is 64.9 Å². The van der Waals surface area contributed by atoms with Crippen molar-refractivity contribution < 1.29 is 23.1 Å². The normalized spacial score (nSPS) is 12.9. The summed E-state index contributed by atoms with van der Waals surface area (Å²) in [7, 11) is 3.80. The number of ketones is 1. The van der Waals surface area contributed by atoms with Gasteiger partial charge in [0.25, 0.3) is 5.56 Å². The first-order valence-electron chi connectivity index (χ1n) is 15.3. The van der Waals surface area contributed by atoms with Crippen LogP contribution in [0.15, 0.2) is 47.4 Å². The minimum atomic E-state index is -0.980. The monoisotopic (exact) mass is 608 g/mol. The third-order valence-electron chi connectivity index (χ3n) is 7.96. The van der Waals surface area contributed by atoms with Crippen molar-refractivity contribution in [2.24, 2.45) is 5.92 Å². The zero-order chi connectivity index (χ0) is 32.7. The van der Waals surface area contributed by atoms with Crippen molar-refractivity contribution >= 4 is 11.8 Å². The summed E-state index contributed by atoms with van der Waals surface area (Å²) < 4.78 is 37.2. The maximum absolute atomic E-state index is 15.9. The number of esters is 1. The number of likely N-dealkylation sites (N-methyl/N-ethyl adjacent to an activating group) is 1. The lowest BCUT2D eigenvalue weighted by Crippen LogP contribution is -2.34. The second-order valence-electron chi connectivity index (χ2n) is 12.4. The summed E-state index contributed by atoms with van der Waals surface area (Å²) in [6.07, 6.45) is 1.90. The molecule has 1 unspecified atom stereocenters. The van der Waals surface area contributed by atoms with Gasteiger partial charge in [-0.25, -0.2) is 8.78 Å². The van der Waals surface area contributed by atoms with E-state index in [4.69, 9.17) is 4.74 Å². The quantitative estimate of drug-likeness (QED) is 0.183. The molecule has 3 aromatic rings. The molecule has 0 bridgehead atoms. The molecule has 3 rings (SSSR count). The Morgan fingerprint density at radius 3 is 2.23 bits per heavy atom. The second kappa shape index (κ2) is 15.4. The van der Waals surface area contributed by atoms with Crippen LogP contribution in [0.1, 0.15) is 79.8 Å². The molecule has 0 saturated carbocycles. The van der Waals surface area contributed by atoms with Gasteiger partial charge in [0, 0.05) is 25.1 Å². The number of aryl methyl sites for hydroxylation is 3. The van der Waals surface area contributed by atoms with Gasteiger partial charge < -0.3 is 14.2 Å². The van der Waals surface area contributed by atoms with Gasteiger partial charge in [-0.05, 0) is 118 Å². The Morgan fingerprint density at radius 1 is 0.977 bits per heavy atom. The fraction of sp³-hybridized carbons (Fsp3) is 0.472. The maximum Gasteiger partial charge on any atom is 0.306 e. The molecule has 6 nitrogen and oxygen atoms in total. The van der Waals surface area contributed by atoms with Gasteiger partial charge in [0.15, 0.2) is 11.6 Å². The van der Waals surface area contributed by atoms with Crippen LogP contribution in [0, 0.1) is 38.3 Å². The summed E-state index contributed by atoms with van der Waals surface area (Å²) in [5, 5.41) is 0. The maximum atomic E-state index is 15.9. The molecule has 0 N–H and O–H groups in total. The van der Waals surface area contributed by atoms with Crippen LogP contribution in [0.3, 0.4) is 0 Å². The minimum absolute atomic E-state index is 0.000751. The number of halogens is 2. The highest BCUT2D eigenvalue weighted by atomic mass is 19.1. The van der Waals surface area contributed by atoms with E-state index in [0.717, 1.165) is 22.3 Å². The number of benzene rings is 2. The summed E-state index contributed by atoms with van der Waals surface area (Å²) >= 11 is 0. The molecular weight excluding hydrogens is 562 g/mol. The van der Waals surface area contributed by atoms with Crippen molar-refractivity contribution in [3.8, 4) is 11.1 Å². The van der Waals surface area contributed by atoms with Crippen LogP contribution in [0.5, 0.6) is 0 Å². The lowest BCUT2D eigenvalue weighted by molar-refractivity contribution is -0.143. The number of pyridine rings is 1. The molecule has 0 amide bonds. The number of carbonyl (C=O) groups excluding carboxylic acids is 2. The Labute approximate surface area is 260 Å². The molecule has 2 aromatic carbocycles. The van der Waals surface area contributed by atoms with Gasteiger partial charge in [-0.1, -0.05) is 32.0 Å². The van der Waals surface area contributed by atoms with Crippen molar-refractivity contribution in [2.75, 3.05) is 27.2 Å². The van der Waals surface area contributed by atoms with Crippen LogP contribution in [0.2, 0.25) is 0 Å². The molecule has 1 heterocycles. The summed E-state index contributed by atoms with van der Waals surface area (Å²) in [4.78, 5) is 41.9. The van der Waals surface area contributed by atoms with Gasteiger partial charge in [0.05, 0.1) is 19.1 Å². The van der Waals surface area contributed by atoms with Gasteiger partial charge >= 0.3 is 5.97 Å². The Bertz CT molecular complexity index is 1520. The van der Waals surface area contributed by atoms with Gasteiger partial charge in [0.1, 0.15) is 5.82 Å². The fourth-order valence-electron chi connectivity index (χ4n) is 5.79. The first-order valence-corrected chi connectivity index (χ1v) is 15.3. The van der Waals surface area contributed by atoms with E-state index >= 15 is 4.39 Å². The van der Waals surface area contributed by atoms with Gasteiger partial charge in [0.2, 0.25) is 0 Å². The Hall–Kier alpha value is -3.65. The molecule has 238 valence electrons. The second-order valence-corrected chi connectivity index (χ2v) is 12.4. The molecule has 0 radical (unpaired) electrons. The number of Topliss-reactive ketones (excluding diaryl/α,β-unsaturated/α-hetero) is 1. The first kappa shape index (κ1) is 34.8. The van der Waals surface area contributed by atoms with E-state index in [0.29, 0.717) is 24.1 Å². The van der Waals surface area contributed by atoms with E-state index in [1.165, 1.54) is 10.6 Å². The number of rotatable bonds is 14. The van der Waals surface area contributed by atoms with E-state index in [2.05, 4.69) is 0 Å². The number of hydrogen-bond acceptors (Lipinski definition) is 5. The third kappa shape index (κ3) is 8.72. The molecule has 0 saturated heterocycles. The number of nitrogens with zero attached hydrogens (tertiary/aromatic N) is 2. The molecule has 2 atom stereocenters. The molecule has 0 aliphatic rings.